The first-order valence-corrected chi connectivity index (χ1v) is 5.06. The van der Waals surface area contributed by atoms with Gasteiger partial charge in [-0.2, -0.15) is 5.10 Å². The molecule has 0 aliphatic rings. The van der Waals surface area contributed by atoms with E-state index >= 15 is 0 Å². The zero-order valence-electron chi connectivity index (χ0n) is 8.81. The molecule has 4 heteroatoms. The van der Waals surface area contributed by atoms with Crippen LogP contribution in [0.25, 0.3) is 0 Å². The predicted molar refractivity (Wildman–Crippen MR) is 59.7 cm³/mol. The van der Waals surface area contributed by atoms with Crippen LogP contribution in [-0.2, 0) is 0 Å². The predicted octanol–water partition coefficient (Wildman–Crippen LogP) is 1.99. The van der Waals surface area contributed by atoms with Crippen LogP contribution in [0.1, 0.15) is 36.5 Å². The fourth-order valence-corrected chi connectivity index (χ4v) is 1.03. The van der Waals surface area contributed by atoms with Crippen molar-refractivity contribution >= 4 is 12.1 Å². The lowest BCUT2D eigenvalue weighted by Crippen LogP contribution is -2.17. The summed E-state index contributed by atoms with van der Waals surface area (Å²) in [4.78, 5) is 15.3. The highest BCUT2D eigenvalue weighted by molar-refractivity contribution is 5.94. The number of hydrogen-bond donors (Lipinski definition) is 1. The third-order valence-electron chi connectivity index (χ3n) is 1.89. The molecular weight excluding hydrogens is 190 g/mol. The Kier molecular flexibility index (Phi) is 5.08. The van der Waals surface area contributed by atoms with Gasteiger partial charge in [0.1, 0.15) is 0 Å². The summed E-state index contributed by atoms with van der Waals surface area (Å²) < 4.78 is 0. The van der Waals surface area contributed by atoms with E-state index in [9.17, 15) is 4.79 Å². The van der Waals surface area contributed by atoms with Crippen LogP contribution in [0.3, 0.4) is 0 Å². The number of amides is 1. The summed E-state index contributed by atoms with van der Waals surface area (Å²) in [6, 6.07) is 3.30. The second-order valence-corrected chi connectivity index (χ2v) is 3.13. The lowest BCUT2D eigenvalue weighted by atomic mass is 10.2. The van der Waals surface area contributed by atoms with E-state index in [1.165, 1.54) is 0 Å². The fraction of sp³-hybridized carbons (Fsp3) is 0.364. The number of unbranched alkanes of at least 4 members (excludes halogenated alkanes) is 2. The standard InChI is InChI=1S/C11H15N3O/c1-2-3-4-7-13-14-11(15)10-5-8-12-9-6-10/h5-9H,2-4H2,1H3,(H,14,15)/b13-7+. The summed E-state index contributed by atoms with van der Waals surface area (Å²) in [5, 5.41) is 3.84. The molecule has 0 bridgehead atoms. The van der Waals surface area contributed by atoms with Crippen LogP contribution in [0.4, 0.5) is 0 Å². The molecule has 4 nitrogen and oxygen atoms in total. The molecule has 0 unspecified atom stereocenters. The summed E-state index contributed by atoms with van der Waals surface area (Å²) in [5.41, 5.74) is 3.03. The molecule has 0 aliphatic carbocycles. The molecule has 1 aromatic heterocycles. The smallest absolute Gasteiger partial charge is 0.267 e. The third-order valence-corrected chi connectivity index (χ3v) is 1.89. The Morgan fingerprint density at radius 3 is 2.93 bits per heavy atom. The monoisotopic (exact) mass is 205 g/mol. The third kappa shape index (κ3) is 4.35. The van der Waals surface area contributed by atoms with E-state index in [0.717, 1.165) is 19.3 Å². The molecule has 1 rings (SSSR count). The Morgan fingerprint density at radius 2 is 2.27 bits per heavy atom. The van der Waals surface area contributed by atoms with Gasteiger partial charge >= 0.3 is 0 Å². The maximum Gasteiger partial charge on any atom is 0.271 e. The number of aromatic nitrogens is 1. The van der Waals surface area contributed by atoms with E-state index in [2.05, 4.69) is 22.4 Å². The Labute approximate surface area is 89.4 Å². The zero-order chi connectivity index (χ0) is 10.9. The van der Waals surface area contributed by atoms with E-state index in [1.807, 2.05) is 0 Å². The molecule has 0 saturated carbocycles. The molecule has 15 heavy (non-hydrogen) atoms. The van der Waals surface area contributed by atoms with Gasteiger partial charge in [-0.1, -0.05) is 13.3 Å². The minimum absolute atomic E-state index is 0.204. The largest absolute Gasteiger partial charge is 0.271 e. The number of hydrazone groups is 1. The molecule has 80 valence electrons. The Bertz CT molecular complexity index is 322. The van der Waals surface area contributed by atoms with Crippen molar-refractivity contribution in [2.75, 3.05) is 0 Å². The molecule has 1 heterocycles. The van der Waals surface area contributed by atoms with E-state index in [4.69, 9.17) is 0 Å². The molecule has 0 aliphatic heterocycles. The molecule has 0 aromatic carbocycles. The van der Waals surface area contributed by atoms with Gasteiger partial charge in [0.15, 0.2) is 0 Å². The molecule has 0 atom stereocenters. The van der Waals surface area contributed by atoms with Crippen molar-refractivity contribution in [3.8, 4) is 0 Å². The molecule has 1 aromatic rings. The summed E-state index contributed by atoms with van der Waals surface area (Å²) in [7, 11) is 0. The van der Waals surface area contributed by atoms with Crippen LogP contribution in [0.15, 0.2) is 29.6 Å². The Hall–Kier alpha value is -1.71. The van der Waals surface area contributed by atoms with Crippen LogP contribution >= 0.6 is 0 Å². The van der Waals surface area contributed by atoms with E-state index in [-0.39, 0.29) is 5.91 Å². The quantitative estimate of drug-likeness (QED) is 0.454. The van der Waals surface area contributed by atoms with Gasteiger partial charge in [-0.3, -0.25) is 9.78 Å². The van der Waals surface area contributed by atoms with Gasteiger partial charge in [-0.15, -0.1) is 0 Å². The number of hydrogen-bond acceptors (Lipinski definition) is 3. The van der Waals surface area contributed by atoms with Crippen molar-refractivity contribution in [3.05, 3.63) is 30.1 Å². The number of carbonyl (C=O) groups excluding carboxylic acids is 1. The summed E-state index contributed by atoms with van der Waals surface area (Å²) in [6.45, 7) is 2.11. The van der Waals surface area contributed by atoms with Crippen molar-refractivity contribution < 1.29 is 4.79 Å². The first kappa shape index (κ1) is 11.4. The molecule has 0 saturated heterocycles. The minimum atomic E-state index is -0.204. The highest BCUT2D eigenvalue weighted by Crippen LogP contribution is 1.95. The van der Waals surface area contributed by atoms with Gasteiger partial charge in [-0.25, -0.2) is 5.43 Å². The highest BCUT2D eigenvalue weighted by Gasteiger charge is 2.01. The minimum Gasteiger partial charge on any atom is -0.267 e. The molecule has 0 radical (unpaired) electrons. The maximum absolute atomic E-state index is 11.4. The van der Waals surface area contributed by atoms with E-state index in [0.29, 0.717) is 5.56 Å². The normalized spacial score (nSPS) is 10.5. The van der Waals surface area contributed by atoms with Gasteiger partial charge in [0, 0.05) is 24.2 Å². The number of pyridine rings is 1. The van der Waals surface area contributed by atoms with Crippen molar-refractivity contribution in [3.63, 3.8) is 0 Å². The summed E-state index contributed by atoms with van der Waals surface area (Å²) in [6.07, 6.45) is 8.00. The van der Waals surface area contributed by atoms with Crippen molar-refractivity contribution in [1.82, 2.24) is 10.4 Å². The number of rotatable bonds is 5. The number of carbonyl (C=O) groups is 1. The van der Waals surface area contributed by atoms with Crippen LogP contribution in [0.5, 0.6) is 0 Å². The second-order valence-electron chi connectivity index (χ2n) is 3.13. The van der Waals surface area contributed by atoms with E-state index in [1.54, 1.807) is 30.7 Å². The Balaban J connectivity index is 2.34. The van der Waals surface area contributed by atoms with Gasteiger partial charge < -0.3 is 0 Å². The maximum atomic E-state index is 11.4. The number of nitrogens with zero attached hydrogens (tertiary/aromatic N) is 2. The van der Waals surface area contributed by atoms with Gasteiger partial charge in [0.25, 0.3) is 5.91 Å². The van der Waals surface area contributed by atoms with Gasteiger partial charge in [-0.05, 0) is 25.0 Å². The van der Waals surface area contributed by atoms with Gasteiger partial charge in [0.2, 0.25) is 0 Å². The highest BCUT2D eigenvalue weighted by atomic mass is 16.2. The lowest BCUT2D eigenvalue weighted by Gasteiger charge is -1.97. The summed E-state index contributed by atoms with van der Waals surface area (Å²) >= 11 is 0. The average molecular weight is 205 g/mol. The molecule has 0 spiro atoms. The zero-order valence-corrected chi connectivity index (χ0v) is 8.81. The van der Waals surface area contributed by atoms with Crippen molar-refractivity contribution in [1.29, 1.82) is 0 Å². The average Bonchev–Trinajstić information content (AvgIpc) is 2.30. The molecular formula is C11H15N3O. The van der Waals surface area contributed by atoms with Crippen LogP contribution in [0, 0.1) is 0 Å². The van der Waals surface area contributed by atoms with Crippen LogP contribution in [-0.4, -0.2) is 17.1 Å². The van der Waals surface area contributed by atoms with Crippen molar-refractivity contribution in [2.24, 2.45) is 5.10 Å². The fourth-order valence-electron chi connectivity index (χ4n) is 1.03. The number of nitrogens with one attached hydrogen (secondary N) is 1. The first-order chi connectivity index (χ1) is 7.34. The summed E-state index contributed by atoms with van der Waals surface area (Å²) in [5.74, 6) is -0.204. The van der Waals surface area contributed by atoms with Gasteiger partial charge in [0.05, 0.1) is 0 Å². The van der Waals surface area contributed by atoms with Crippen LogP contribution in [0.2, 0.25) is 0 Å². The molecule has 0 fully saturated rings. The SMILES string of the molecule is CCCC/C=N/NC(=O)c1ccncc1. The van der Waals surface area contributed by atoms with Crippen molar-refractivity contribution in [2.45, 2.75) is 26.2 Å². The molecule has 1 N–H and O–H groups in total. The lowest BCUT2D eigenvalue weighted by molar-refractivity contribution is 0.0955. The first-order valence-electron chi connectivity index (χ1n) is 5.06. The topological polar surface area (TPSA) is 54.4 Å². The molecule has 1 amide bonds. The second kappa shape index (κ2) is 6.70. The van der Waals surface area contributed by atoms with Crippen LogP contribution < -0.4 is 5.43 Å². The van der Waals surface area contributed by atoms with E-state index < -0.39 is 0 Å². The Morgan fingerprint density at radius 1 is 1.53 bits per heavy atom.